The highest BCUT2D eigenvalue weighted by Crippen LogP contribution is 2.35. The number of hydrogen-bond donors (Lipinski definition) is 3. The second kappa shape index (κ2) is 3.38. The van der Waals surface area contributed by atoms with Crippen LogP contribution in [0, 0.1) is 13.8 Å². The van der Waals surface area contributed by atoms with Crippen LogP contribution in [0.25, 0.3) is 0 Å². The first-order valence-electron chi connectivity index (χ1n) is 3.94. The summed E-state index contributed by atoms with van der Waals surface area (Å²) in [6.45, 7) is 3.22. The van der Waals surface area contributed by atoms with Crippen molar-refractivity contribution in [3.05, 3.63) is 21.7 Å². The highest BCUT2D eigenvalue weighted by atomic mass is 35.5. The summed E-state index contributed by atoms with van der Waals surface area (Å²) in [4.78, 5) is 10.9. The van der Waals surface area contributed by atoms with Crippen molar-refractivity contribution in [1.82, 2.24) is 0 Å². The maximum absolute atomic E-state index is 10.9. The molecule has 0 aliphatic rings. The van der Waals surface area contributed by atoms with Gasteiger partial charge in [-0.05, 0) is 25.0 Å². The summed E-state index contributed by atoms with van der Waals surface area (Å²) in [6.07, 6.45) is 0. The van der Waals surface area contributed by atoms with Crippen LogP contribution in [-0.4, -0.2) is 11.1 Å². The van der Waals surface area contributed by atoms with E-state index in [9.17, 15) is 4.79 Å². The maximum atomic E-state index is 10.9. The Morgan fingerprint density at radius 2 is 1.57 bits per heavy atom. The molecule has 1 aromatic carbocycles. The van der Waals surface area contributed by atoms with E-state index in [-0.39, 0.29) is 22.0 Å². The maximum Gasteiger partial charge on any atom is 0.336 e. The predicted octanol–water partition coefficient (Wildman–Crippen LogP) is 1.82. The number of anilines is 2. The lowest BCUT2D eigenvalue weighted by Crippen LogP contribution is -2.09. The van der Waals surface area contributed by atoms with Crippen molar-refractivity contribution >= 4 is 28.9 Å². The zero-order valence-corrected chi connectivity index (χ0v) is 8.64. The van der Waals surface area contributed by atoms with Crippen LogP contribution in [0.3, 0.4) is 0 Å². The lowest BCUT2D eigenvalue weighted by molar-refractivity contribution is 0.0695. The molecule has 0 bridgehead atoms. The first-order chi connectivity index (χ1) is 6.37. The normalized spacial score (nSPS) is 10.2. The SMILES string of the molecule is Cc1c(N)c(Cl)c(N)c(C)c1C(=O)O. The Morgan fingerprint density at radius 3 is 1.86 bits per heavy atom. The summed E-state index contributed by atoms with van der Waals surface area (Å²) in [5.41, 5.74) is 12.7. The molecule has 0 aliphatic carbocycles. The Balaban J connectivity index is 3.68. The summed E-state index contributed by atoms with van der Waals surface area (Å²) in [5, 5.41) is 9.16. The van der Waals surface area contributed by atoms with Gasteiger partial charge in [0.05, 0.1) is 22.0 Å². The van der Waals surface area contributed by atoms with Crippen molar-refractivity contribution in [3.8, 4) is 0 Å². The first-order valence-corrected chi connectivity index (χ1v) is 4.32. The molecule has 4 nitrogen and oxygen atoms in total. The first kappa shape index (κ1) is 10.7. The van der Waals surface area contributed by atoms with Crippen LogP contribution in [0.2, 0.25) is 5.02 Å². The number of carbonyl (C=O) groups is 1. The minimum absolute atomic E-state index is 0.129. The fourth-order valence-electron chi connectivity index (χ4n) is 1.35. The minimum atomic E-state index is -1.05. The Labute approximate surface area is 86.5 Å². The number of nitrogen functional groups attached to an aromatic ring is 2. The van der Waals surface area contributed by atoms with E-state index in [4.69, 9.17) is 28.2 Å². The van der Waals surface area contributed by atoms with Crippen molar-refractivity contribution in [2.24, 2.45) is 0 Å². The molecule has 0 atom stereocenters. The third-order valence-electron chi connectivity index (χ3n) is 2.24. The quantitative estimate of drug-likeness (QED) is 0.622. The molecular weight excluding hydrogens is 204 g/mol. The molecule has 1 aromatic rings. The number of hydrogen-bond acceptors (Lipinski definition) is 3. The number of aromatic carboxylic acids is 1. The number of halogens is 1. The van der Waals surface area contributed by atoms with Crippen LogP contribution in [0.15, 0.2) is 0 Å². The van der Waals surface area contributed by atoms with E-state index in [2.05, 4.69) is 0 Å². The summed E-state index contributed by atoms with van der Waals surface area (Å²) < 4.78 is 0. The van der Waals surface area contributed by atoms with Crippen molar-refractivity contribution in [2.45, 2.75) is 13.8 Å². The molecule has 0 saturated carbocycles. The Morgan fingerprint density at radius 1 is 1.21 bits per heavy atom. The van der Waals surface area contributed by atoms with Gasteiger partial charge < -0.3 is 16.6 Å². The molecule has 0 spiro atoms. The van der Waals surface area contributed by atoms with Gasteiger partial charge in [-0.15, -0.1) is 0 Å². The number of rotatable bonds is 1. The smallest absolute Gasteiger partial charge is 0.336 e. The van der Waals surface area contributed by atoms with E-state index in [0.29, 0.717) is 11.1 Å². The molecule has 0 fully saturated rings. The van der Waals surface area contributed by atoms with E-state index in [1.54, 1.807) is 13.8 Å². The molecule has 0 saturated heterocycles. The van der Waals surface area contributed by atoms with Crippen molar-refractivity contribution in [2.75, 3.05) is 11.5 Å². The van der Waals surface area contributed by atoms with Gasteiger partial charge in [-0.25, -0.2) is 4.79 Å². The van der Waals surface area contributed by atoms with Crippen LogP contribution >= 0.6 is 11.6 Å². The molecule has 0 amide bonds. The second-order valence-corrected chi connectivity index (χ2v) is 3.45. The topological polar surface area (TPSA) is 89.3 Å². The van der Waals surface area contributed by atoms with Gasteiger partial charge in [0.15, 0.2) is 0 Å². The standard InChI is InChI=1S/C9H11ClN2O2/c1-3-5(9(13)14)4(2)8(12)6(10)7(3)11/h11-12H2,1-2H3,(H,13,14). The van der Waals surface area contributed by atoms with Crippen LogP contribution in [0.4, 0.5) is 11.4 Å². The Bertz CT molecular complexity index is 387. The molecule has 0 radical (unpaired) electrons. The molecule has 5 N–H and O–H groups in total. The largest absolute Gasteiger partial charge is 0.478 e. The third-order valence-corrected chi connectivity index (χ3v) is 2.65. The predicted molar refractivity (Wildman–Crippen MR) is 56.7 cm³/mol. The Kier molecular flexibility index (Phi) is 2.57. The molecule has 0 aromatic heterocycles. The zero-order valence-electron chi connectivity index (χ0n) is 7.89. The number of nitrogens with two attached hydrogens (primary N) is 2. The lowest BCUT2D eigenvalue weighted by Gasteiger charge is -2.13. The van der Waals surface area contributed by atoms with E-state index in [1.165, 1.54) is 0 Å². The Hall–Kier alpha value is -1.42. The second-order valence-electron chi connectivity index (χ2n) is 3.07. The summed E-state index contributed by atoms with van der Waals surface area (Å²) in [6, 6.07) is 0. The number of benzene rings is 1. The summed E-state index contributed by atoms with van der Waals surface area (Å²) in [5.74, 6) is -1.05. The molecule has 0 unspecified atom stereocenters. The minimum Gasteiger partial charge on any atom is -0.478 e. The van der Waals surface area contributed by atoms with Crippen LogP contribution in [0.5, 0.6) is 0 Å². The molecule has 0 heterocycles. The number of carboxylic acids is 1. The van der Waals surface area contributed by atoms with Crippen LogP contribution in [0.1, 0.15) is 21.5 Å². The van der Waals surface area contributed by atoms with Gasteiger partial charge in [0, 0.05) is 0 Å². The zero-order chi connectivity index (χ0) is 11.0. The van der Waals surface area contributed by atoms with Crippen molar-refractivity contribution < 1.29 is 9.90 Å². The molecule has 1 rings (SSSR count). The van der Waals surface area contributed by atoms with Gasteiger partial charge in [-0.2, -0.15) is 0 Å². The van der Waals surface area contributed by atoms with Crippen molar-refractivity contribution in [1.29, 1.82) is 0 Å². The van der Waals surface area contributed by atoms with Gasteiger partial charge >= 0.3 is 5.97 Å². The van der Waals surface area contributed by atoms with Gasteiger partial charge in [-0.3, -0.25) is 0 Å². The van der Waals surface area contributed by atoms with Gasteiger partial charge in [-0.1, -0.05) is 11.6 Å². The van der Waals surface area contributed by atoms with E-state index in [1.807, 2.05) is 0 Å². The molecule has 76 valence electrons. The molecular formula is C9H11ClN2O2. The monoisotopic (exact) mass is 214 g/mol. The van der Waals surface area contributed by atoms with E-state index < -0.39 is 5.97 Å². The summed E-state index contributed by atoms with van der Waals surface area (Å²) >= 11 is 5.82. The third kappa shape index (κ3) is 1.37. The van der Waals surface area contributed by atoms with Gasteiger partial charge in [0.1, 0.15) is 0 Å². The van der Waals surface area contributed by atoms with Crippen LogP contribution < -0.4 is 11.5 Å². The molecule has 14 heavy (non-hydrogen) atoms. The highest BCUT2D eigenvalue weighted by Gasteiger charge is 2.19. The fourth-order valence-corrected chi connectivity index (χ4v) is 1.63. The number of carboxylic acid groups (broad SMARTS) is 1. The van der Waals surface area contributed by atoms with Crippen LogP contribution in [-0.2, 0) is 0 Å². The summed E-state index contributed by atoms with van der Waals surface area (Å²) in [7, 11) is 0. The van der Waals surface area contributed by atoms with Crippen molar-refractivity contribution in [3.63, 3.8) is 0 Å². The average molecular weight is 215 g/mol. The molecule has 5 heteroatoms. The fraction of sp³-hybridized carbons (Fsp3) is 0.222. The van der Waals surface area contributed by atoms with E-state index in [0.717, 1.165) is 0 Å². The lowest BCUT2D eigenvalue weighted by atomic mass is 9.99. The van der Waals surface area contributed by atoms with Gasteiger partial charge in [0.25, 0.3) is 0 Å². The average Bonchev–Trinajstić information content (AvgIpc) is 2.11. The van der Waals surface area contributed by atoms with Gasteiger partial charge in [0.2, 0.25) is 0 Å². The van der Waals surface area contributed by atoms with E-state index >= 15 is 0 Å². The molecule has 0 aliphatic heterocycles. The highest BCUT2D eigenvalue weighted by molar-refractivity contribution is 6.36.